The Balaban J connectivity index is 1.31. The molecule has 1 aliphatic heterocycles. The average molecular weight is 392 g/mol. The Morgan fingerprint density at radius 1 is 1.14 bits per heavy atom. The van der Waals surface area contributed by atoms with Crippen LogP contribution in [-0.4, -0.2) is 25.0 Å². The molecule has 1 amide bonds. The zero-order valence-electron chi connectivity index (χ0n) is 15.9. The first-order valence-corrected chi connectivity index (χ1v) is 9.46. The maximum Gasteiger partial charge on any atom is 0.232 e. The van der Waals surface area contributed by atoms with Gasteiger partial charge in [0, 0.05) is 18.2 Å². The Kier molecular flexibility index (Phi) is 4.16. The number of hydrogen-bond donors (Lipinski definition) is 1. The third-order valence-electron chi connectivity index (χ3n) is 5.43. The molecular formula is C22H20N2O5. The third-order valence-corrected chi connectivity index (χ3v) is 5.43. The first-order chi connectivity index (χ1) is 14.2. The number of rotatable bonds is 6. The molecule has 0 atom stereocenters. The van der Waals surface area contributed by atoms with Crippen LogP contribution in [0.5, 0.6) is 17.2 Å². The summed E-state index contributed by atoms with van der Waals surface area (Å²) >= 11 is 0. The second-order valence-corrected chi connectivity index (χ2v) is 7.26. The van der Waals surface area contributed by atoms with E-state index in [0.29, 0.717) is 29.5 Å². The number of hydrogen-bond acceptors (Lipinski definition) is 6. The van der Waals surface area contributed by atoms with Gasteiger partial charge in [0.15, 0.2) is 17.3 Å². The molecule has 7 heteroatoms. The van der Waals surface area contributed by atoms with Gasteiger partial charge in [0.05, 0.1) is 18.2 Å². The molecule has 148 valence electrons. The molecule has 1 aliphatic carbocycles. The highest BCUT2D eigenvalue weighted by Crippen LogP contribution is 2.49. The van der Waals surface area contributed by atoms with Crippen molar-refractivity contribution in [2.24, 2.45) is 0 Å². The van der Waals surface area contributed by atoms with Crippen molar-refractivity contribution in [3.8, 4) is 28.6 Å². The second kappa shape index (κ2) is 6.84. The maximum atomic E-state index is 12.9. The van der Waals surface area contributed by atoms with Crippen LogP contribution in [0.2, 0.25) is 0 Å². The fraction of sp³-hybridized carbons (Fsp3) is 0.273. The van der Waals surface area contributed by atoms with Gasteiger partial charge in [-0.2, -0.15) is 0 Å². The van der Waals surface area contributed by atoms with Crippen LogP contribution >= 0.6 is 0 Å². The normalized spacial score (nSPS) is 15.8. The molecule has 2 heterocycles. The number of fused-ring (bicyclic) bond motifs is 1. The van der Waals surface area contributed by atoms with Gasteiger partial charge in [0.2, 0.25) is 12.7 Å². The minimum Gasteiger partial charge on any atom is -0.497 e. The Labute approximate surface area is 167 Å². The Morgan fingerprint density at radius 2 is 2.00 bits per heavy atom. The van der Waals surface area contributed by atoms with Gasteiger partial charge in [-0.05, 0) is 48.7 Å². The van der Waals surface area contributed by atoms with Crippen molar-refractivity contribution in [1.29, 1.82) is 0 Å². The fourth-order valence-corrected chi connectivity index (χ4v) is 3.55. The number of methoxy groups -OCH3 is 1. The van der Waals surface area contributed by atoms with Crippen LogP contribution in [-0.2, 0) is 16.8 Å². The molecule has 0 unspecified atom stereocenters. The fourth-order valence-electron chi connectivity index (χ4n) is 3.55. The van der Waals surface area contributed by atoms with Gasteiger partial charge < -0.3 is 24.1 Å². The Bertz CT molecular complexity index is 1070. The summed E-state index contributed by atoms with van der Waals surface area (Å²) in [5.41, 5.74) is 1.86. The zero-order chi connectivity index (χ0) is 19.8. The highest BCUT2D eigenvalue weighted by Gasteiger charge is 2.53. The van der Waals surface area contributed by atoms with Crippen LogP contribution in [0.4, 0.5) is 0 Å². The van der Waals surface area contributed by atoms with Gasteiger partial charge in [-0.25, -0.2) is 0 Å². The minimum atomic E-state index is -0.614. The van der Waals surface area contributed by atoms with Gasteiger partial charge in [0.25, 0.3) is 0 Å². The molecule has 1 fully saturated rings. The van der Waals surface area contributed by atoms with Gasteiger partial charge >= 0.3 is 0 Å². The lowest BCUT2D eigenvalue weighted by atomic mass is 10.00. The van der Waals surface area contributed by atoms with Crippen LogP contribution in [0.3, 0.4) is 0 Å². The van der Waals surface area contributed by atoms with Gasteiger partial charge in [-0.15, -0.1) is 0 Å². The number of amides is 1. The molecule has 0 spiro atoms. The molecule has 0 bridgehead atoms. The van der Waals surface area contributed by atoms with Crippen molar-refractivity contribution in [2.45, 2.75) is 24.8 Å². The van der Waals surface area contributed by atoms with E-state index >= 15 is 0 Å². The molecule has 7 nitrogen and oxygen atoms in total. The first kappa shape index (κ1) is 17.6. The number of nitrogens with zero attached hydrogens (tertiary/aromatic N) is 1. The number of benzene rings is 2. The molecule has 3 aromatic rings. The minimum absolute atomic E-state index is 0.0362. The molecule has 1 N–H and O–H groups in total. The Hall–Kier alpha value is -3.48. The monoisotopic (exact) mass is 392 g/mol. The van der Waals surface area contributed by atoms with E-state index in [2.05, 4.69) is 10.5 Å². The summed E-state index contributed by atoms with van der Waals surface area (Å²) in [4.78, 5) is 12.9. The van der Waals surface area contributed by atoms with E-state index in [1.54, 1.807) is 7.11 Å². The average Bonchev–Trinajstić information content (AvgIpc) is 3.19. The SMILES string of the molecule is COc1cccc(CNC(=O)C2(c3cc(-c4ccc5c(c4)OCO5)on3)CC2)c1. The maximum absolute atomic E-state index is 12.9. The summed E-state index contributed by atoms with van der Waals surface area (Å²) < 4.78 is 21.5. The lowest BCUT2D eigenvalue weighted by molar-refractivity contribution is -0.123. The highest BCUT2D eigenvalue weighted by molar-refractivity contribution is 5.91. The molecule has 2 aromatic carbocycles. The van der Waals surface area contributed by atoms with E-state index < -0.39 is 5.41 Å². The van der Waals surface area contributed by atoms with E-state index in [0.717, 1.165) is 29.7 Å². The first-order valence-electron chi connectivity index (χ1n) is 9.46. The zero-order valence-corrected chi connectivity index (χ0v) is 15.9. The van der Waals surface area contributed by atoms with Crippen molar-refractivity contribution in [3.05, 3.63) is 59.8 Å². The second-order valence-electron chi connectivity index (χ2n) is 7.26. The number of carbonyl (C=O) groups excluding carboxylic acids is 1. The van der Waals surface area contributed by atoms with Crippen molar-refractivity contribution in [2.75, 3.05) is 13.9 Å². The molecule has 1 aromatic heterocycles. The third kappa shape index (κ3) is 3.18. The molecule has 1 saturated carbocycles. The summed E-state index contributed by atoms with van der Waals surface area (Å²) in [6.45, 7) is 0.654. The summed E-state index contributed by atoms with van der Waals surface area (Å²) in [7, 11) is 1.62. The van der Waals surface area contributed by atoms with Crippen molar-refractivity contribution < 1.29 is 23.5 Å². The lowest BCUT2D eigenvalue weighted by Gasteiger charge is -2.13. The van der Waals surface area contributed by atoms with E-state index in [1.165, 1.54) is 0 Å². The highest BCUT2D eigenvalue weighted by atomic mass is 16.7. The summed E-state index contributed by atoms with van der Waals surface area (Å²) in [6.07, 6.45) is 1.51. The number of aromatic nitrogens is 1. The van der Waals surface area contributed by atoms with Crippen LogP contribution < -0.4 is 19.5 Å². The number of nitrogens with one attached hydrogen (secondary N) is 1. The van der Waals surface area contributed by atoms with Gasteiger partial charge in [-0.1, -0.05) is 17.3 Å². The smallest absolute Gasteiger partial charge is 0.232 e. The molecule has 29 heavy (non-hydrogen) atoms. The predicted molar refractivity (Wildman–Crippen MR) is 104 cm³/mol. The molecule has 0 saturated heterocycles. The van der Waals surface area contributed by atoms with E-state index in [1.807, 2.05) is 48.5 Å². The quantitative estimate of drug-likeness (QED) is 0.692. The number of ether oxygens (including phenoxy) is 3. The van der Waals surface area contributed by atoms with Crippen molar-refractivity contribution in [1.82, 2.24) is 10.5 Å². The summed E-state index contributed by atoms with van der Waals surface area (Å²) in [5, 5.41) is 7.22. The van der Waals surface area contributed by atoms with Gasteiger partial charge in [-0.3, -0.25) is 4.79 Å². The van der Waals surface area contributed by atoms with Crippen LogP contribution in [0.15, 0.2) is 53.1 Å². The van der Waals surface area contributed by atoms with Crippen LogP contribution in [0.25, 0.3) is 11.3 Å². The van der Waals surface area contributed by atoms with Crippen molar-refractivity contribution in [3.63, 3.8) is 0 Å². The number of carbonyl (C=O) groups is 1. The van der Waals surface area contributed by atoms with Crippen LogP contribution in [0, 0.1) is 0 Å². The molecule has 0 radical (unpaired) electrons. The topological polar surface area (TPSA) is 82.8 Å². The summed E-state index contributed by atoms with van der Waals surface area (Å²) in [5.74, 6) is 2.72. The van der Waals surface area contributed by atoms with E-state index in [9.17, 15) is 4.79 Å². The largest absolute Gasteiger partial charge is 0.497 e. The molecule has 2 aliphatic rings. The van der Waals surface area contributed by atoms with E-state index in [4.69, 9.17) is 18.7 Å². The van der Waals surface area contributed by atoms with Crippen LogP contribution in [0.1, 0.15) is 24.1 Å². The summed E-state index contributed by atoms with van der Waals surface area (Å²) in [6, 6.07) is 15.1. The lowest BCUT2D eigenvalue weighted by Crippen LogP contribution is -2.34. The standard InChI is InChI=1S/C22H20N2O5/c1-26-16-4-2-3-14(9-16)12-23-21(25)22(7-8-22)20-11-18(29-24-20)15-5-6-17-19(10-15)28-13-27-17/h2-6,9-11H,7-8,12-13H2,1H3,(H,23,25). The Morgan fingerprint density at radius 3 is 2.83 bits per heavy atom. The van der Waals surface area contributed by atoms with Gasteiger partial charge in [0.1, 0.15) is 5.75 Å². The van der Waals surface area contributed by atoms with Crippen molar-refractivity contribution >= 4 is 5.91 Å². The molecular weight excluding hydrogens is 372 g/mol. The molecule has 5 rings (SSSR count). The van der Waals surface area contributed by atoms with E-state index in [-0.39, 0.29) is 12.7 Å². The predicted octanol–water partition coefficient (Wildman–Crippen LogP) is 3.43.